The number of hydrogen-bond acceptors (Lipinski definition) is 7. The molecule has 2 aromatic heterocycles. The molecule has 2 N–H and O–H groups in total. The summed E-state index contributed by atoms with van der Waals surface area (Å²) in [5.74, 6) is 0.527. The third-order valence-electron chi connectivity index (χ3n) is 5.03. The molecule has 0 amide bonds. The van der Waals surface area contributed by atoms with Gasteiger partial charge in [0.2, 0.25) is 11.8 Å². The van der Waals surface area contributed by atoms with Crippen LogP contribution in [0.3, 0.4) is 0 Å². The molecule has 4 heterocycles. The van der Waals surface area contributed by atoms with Crippen LogP contribution in [0.2, 0.25) is 0 Å². The lowest BCUT2D eigenvalue weighted by Gasteiger charge is -2.38. The van der Waals surface area contributed by atoms with Gasteiger partial charge >= 0.3 is 6.61 Å². The van der Waals surface area contributed by atoms with Crippen molar-refractivity contribution in [3.8, 4) is 11.8 Å². The quantitative estimate of drug-likeness (QED) is 0.791. The Balaban J connectivity index is 1.41. The van der Waals surface area contributed by atoms with E-state index >= 15 is 0 Å². The van der Waals surface area contributed by atoms with E-state index in [1.54, 1.807) is 0 Å². The van der Waals surface area contributed by atoms with Crippen LogP contribution >= 0.6 is 0 Å². The van der Waals surface area contributed by atoms with E-state index in [4.69, 9.17) is 4.74 Å². The number of piperidine rings is 1. The third-order valence-corrected chi connectivity index (χ3v) is 5.03. The first-order valence-electron chi connectivity index (χ1n) is 8.61. The van der Waals surface area contributed by atoms with Crippen molar-refractivity contribution in [2.75, 3.05) is 12.4 Å². The zero-order valence-corrected chi connectivity index (χ0v) is 14.5. The van der Waals surface area contributed by atoms with Crippen LogP contribution in [0.25, 0.3) is 0 Å². The Bertz CT molecular complexity index is 791. The molecule has 2 aliphatic rings. The molecule has 0 spiro atoms. The lowest BCUT2D eigenvalue weighted by atomic mass is 9.98. The highest BCUT2D eigenvalue weighted by Gasteiger charge is 2.47. The van der Waals surface area contributed by atoms with Crippen LogP contribution in [0.5, 0.6) is 11.8 Å². The Morgan fingerprint density at radius 3 is 2.96 bits per heavy atom. The van der Waals surface area contributed by atoms with E-state index in [0.717, 1.165) is 12.8 Å². The number of halogens is 3. The van der Waals surface area contributed by atoms with E-state index in [2.05, 4.69) is 35.1 Å². The maximum atomic E-state index is 14.7. The summed E-state index contributed by atoms with van der Waals surface area (Å²) in [5, 5.41) is 8.91. The molecule has 11 heteroatoms. The van der Waals surface area contributed by atoms with E-state index in [1.165, 1.54) is 18.5 Å². The van der Waals surface area contributed by atoms with Gasteiger partial charge in [0.25, 0.3) is 0 Å². The summed E-state index contributed by atoms with van der Waals surface area (Å²) >= 11 is 0. The van der Waals surface area contributed by atoms with Crippen LogP contribution < -0.4 is 14.8 Å². The predicted octanol–water partition coefficient (Wildman–Crippen LogP) is 2.50. The molecule has 27 heavy (non-hydrogen) atoms. The highest BCUT2D eigenvalue weighted by molar-refractivity contribution is 5.52. The summed E-state index contributed by atoms with van der Waals surface area (Å²) in [6.07, 6.45) is 3.58. The summed E-state index contributed by atoms with van der Waals surface area (Å²) < 4.78 is 49.0. The van der Waals surface area contributed by atoms with Crippen LogP contribution in [0, 0.1) is 0 Å². The van der Waals surface area contributed by atoms with E-state index < -0.39 is 18.9 Å². The van der Waals surface area contributed by atoms with E-state index in [0.29, 0.717) is 18.3 Å². The van der Waals surface area contributed by atoms with Gasteiger partial charge in [0.15, 0.2) is 12.0 Å². The Kier molecular flexibility index (Phi) is 4.77. The number of hydrogen-bond donors (Lipinski definition) is 2. The number of aromatic amines is 1. The monoisotopic (exact) mass is 384 g/mol. The standard InChI is InChI=1S/C16H19F3N6O2/c1-25-8-2-3-9(25)15(17)10(4-8)26-14-7-20-6-12(22-14)21-11-5-13(24-23-11)27-16(18)19/h5-10,15-16H,2-4H2,1H3,(H2,21,22,23,24)/t8-,9+,10-,15+/m0/s1. The van der Waals surface area contributed by atoms with Gasteiger partial charge in [-0.05, 0) is 19.9 Å². The van der Waals surface area contributed by atoms with Crippen molar-refractivity contribution in [1.82, 2.24) is 25.1 Å². The van der Waals surface area contributed by atoms with Crippen molar-refractivity contribution in [3.05, 3.63) is 18.5 Å². The second-order valence-corrected chi connectivity index (χ2v) is 6.67. The summed E-state index contributed by atoms with van der Waals surface area (Å²) in [6.45, 7) is -2.96. The van der Waals surface area contributed by atoms with Gasteiger partial charge < -0.3 is 14.8 Å². The van der Waals surface area contributed by atoms with E-state index in [9.17, 15) is 13.2 Å². The fourth-order valence-electron chi connectivity index (χ4n) is 3.75. The number of nitrogens with zero attached hydrogens (tertiary/aromatic N) is 4. The van der Waals surface area contributed by atoms with E-state index in [-0.39, 0.29) is 23.6 Å². The van der Waals surface area contributed by atoms with Crippen LogP contribution in [0.1, 0.15) is 19.3 Å². The molecule has 4 rings (SSSR count). The molecule has 146 valence electrons. The summed E-state index contributed by atoms with van der Waals surface area (Å²) in [4.78, 5) is 10.4. The fourth-order valence-corrected chi connectivity index (χ4v) is 3.75. The number of anilines is 2. The lowest BCUT2D eigenvalue weighted by molar-refractivity contribution is -0.0528. The largest absolute Gasteiger partial charge is 0.470 e. The summed E-state index contributed by atoms with van der Waals surface area (Å²) in [5.41, 5.74) is 0. The van der Waals surface area contributed by atoms with Gasteiger partial charge in [0.1, 0.15) is 11.9 Å². The number of nitrogens with one attached hydrogen (secondary N) is 2. The van der Waals surface area contributed by atoms with Crippen molar-refractivity contribution in [2.45, 2.75) is 50.2 Å². The first-order valence-corrected chi connectivity index (χ1v) is 8.61. The Hall–Kier alpha value is -2.56. The maximum absolute atomic E-state index is 14.7. The van der Waals surface area contributed by atoms with Crippen molar-refractivity contribution in [2.24, 2.45) is 0 Å². The minimum atomic E-state index is -2.96. The number of aromatic nitrogens is 4. The molecule has 2 fully saturated rings. The molecule has 2 aromatic rings. The molecule has 2 bridgehead atoms. The second kappa shape index (κ2) is 7.22. The van der Waals surface area contributed by atoms with Gasteiger partial charge in [-0.3, -0.25) is 15.0 Å². The first kappa shape index (κ1) is 17.8. The van der Waals surface area contributed by atoms with Crippen LogP contribution in [-0.4, -0.2) is 63.1 Å². The average molecular weight is 384 g/mol. The second-order valence-electron chi connectivity index (χ2n) is 6.67. The van der Waals surface area contributed by atoms with Crippen molar-refractivity contribution < 1.29 is 22.6 Å². The van der Waals surface area contributed by atoms with Gasteiger partial charge in [0.05, 0.1) is 12.4 Å². The topological polar surface area (TPSA) is 88.2 Å². The molecule has 0 saturated carbocycles. The molecule has 2 saturated heterocycles. The number of ether oxygens (including phenoxy) is 2. The Labute approximate surface area is 153 Å². The smallest absolute Gasteiger partial charge is 0.388 e. The van der Waals surface area contributed by atoms with Crippen molar-refractivity contribution >= 4 is 11.6 Å². The molecule has 0 radical (unpaired) electrons. The summed E-state index contributed by atoms with van der Waals surface area (Å²) in [6, 6.07) is 1.45. The van der Waals surface area contributed by atoms with Crippen LogP contribution in [-0.2, 0) is 0 Å². The van der Waals surface area contributed by atoms with Crippen molar-refractivity contribution in [3.63, 3.8) is 0 Å². The minimum Gasteiger partial charge on any atom is -0.470 e. The Morgan fingerprint density at radius 1 is 1.30 bits per heavy atom. The Morgan fingerprint density at radius 2 is 2.15 bits per heavy atom. The summed E-state index contributed by atoms with van der Waals surface area (Å²) in [7, 11) is 1.95. The molecule has 2 aliphatic heterocycles. The van der Waals surface area contributed by atoms with Gasteiger partial charge in [0, 0.05) is 24.6 Å². The highest BCUT2D eigenvalue weighted by atomic mass is 19.3. The maximum Gasteiger partial charge on any atom is 0.388 e. The predicted molar refractivity (Wildman–Crippen MR) is 89.0 cm³/mol. The van der Waals surface area contributed by atoms with Gasteiger partial charge in [-0.15, -0.1) is 5.10 Å². The normalized spacial score (nSPS) is 27.7. The molecule has 4 atom stereocenters. The number of H-pyrrole nitrogens is 1. The van der Waals surface area contributed by atoms with Gasteiger partial charge in [-0.1, -0.05) is 0 Å². The molecule has 0 aromatic carbocycles. The van der Waals surface area contributed by atoms with Crippen molar-refractivity contribution in [1.29, 1.82) is 0 Å². The first-order chi connectivity index (χ1) is 13.0. The zero-order chi connectivity index (χ0) is 19.0. The highest BCUT2D eigenvalue weighted by Crippen LogP contribution is 2.37. The van der Waals surface area contributed by atoms with Crippen LogP contribution in [0.15, 0.2) is 18.5 Å². The molecule has 0 aliphatic carbocycles. The average Bonchev–Trinajstić information content (AvgIpc) is 3.15. The SMILES string of the molecule is CN1[C@H]2CC[C@@H]1[C@@H](F)[C@@H](Oc1cncc(Nc3cc(OC(F)F)n[nH]3)n1)C2. The zero-order valence-electron chi connectivity index (χ0n) is 14.5. The van der Waals surface area contributed by atoms with Gasteiger partial charge in [-0.25, -0.2) is 4.39 Å². The molecule has 0 unspecified atom stereocenters. The van der Waals surface area contributed by atoms with Crippen LogP contribution in [0.4, 0.5) is 24.8 Å². The lowest BCUT2D eigenvalue weighted by Crippen LogP contribution is -2.52. The van der Waals surface area contributed by atoms with Gasteiger partial charge in [-0.2, -0.15) is 13.8 Å². The molecule has 8 nitrogen and oxygen atoms in total. The molecular weight excluding hydrogens is 365 g/mol. The van der Waals surface area contributed by atoms with E-state index in [1.807, 2.05) is 7.05 Å². The fraction of sp³-hybridized carbons (Fsp3) is 0.562. The number of rotatable bonds is 6. The third kappa shape index (κ3) is 3.77. The number of alkyl halides is 3. The molecular formula is C16H19F3N6O2. The minimum absolute atomic E-state index is 0.124. The number of fused-ring (bicyclic) bond motifs is 2.